The van der Waals surface area contributed by atoms with E-state index < -0.39 is 0 Å². The molecule has 19 heavy (non-hydrogen) atoms. The third kappa shape index (κ3) is 3.31. The van der Waals surface area contributed by atoms with Gasteiger partial charge >= 0.3 is 0 Å². The van der Waals surface area contributed by atoms with Crippen molar-refractivity contribution >= 4 is 40.4 Å². The molecule has 0 fully saturated rings. The first-order chi connectivity index (χ1) is 9.15. The van der Waals surface area contributed by atoms with Crippen molar-refractivity contribution in [1.82, 2.24) is 0 Å². The molecule has 0 N–H and O–H groups in total. The SMILES string of the molecule is CCCSc1cc(Cl)cc2ccc(C(C)C=O)cc12. The molecule has 3 heteroatoms. The quantitative estimate of drug-likeness (QED) is 0.549. The monoisotopic (exact) mass is 292 g/mol. The van der Waals surface area contributed by atoms with Crippen LogP contribution in [0.1, 0.15) is 31.7 Å². The smallest absolute Gasteiger partial charge is 0.127 e. The fourth-order valence-electron chi connectivity index (χ4n) is 2.00. The summed E-state index contributed by atoms with van der Waals surface area (Å²) in [5.41, 5.74) is 1.06. The Balaban J connectivity index is 2.54. The number of hydrogen-bond acceptors (Lipinski definition) is 2. The maximum Gasteiger partial charge on any atom is 0.127 e. The predicted octanol–water partition coefficient (Wildman–Crippen LogP) is 5.30. The summed E-state index contributed by atoms with van der Waals surface area (Å²) < 4.78 is 0. The van der Waals surface area contributed by atoms with E-state index in [0.717, 1.165) is 34.4 Å². The summed E-state index contributed by atoms with van der Waals surface area (Å²) >= 11 is 7.98. The number of rotatable bonds is 5. The molecular weight excluding hydrogens is 276 g/mol. The van der Waals surface area contributed by atoms with Gasteiger partial charge in [0, 0.05) is 15.8 Å². The number of fused-ring (bicyclic) bond motifs is 1. The van der Waals surface area contributed by atoms with Gasteiger partial charge < -0.3 is 4.79 Å². The molecule has 0 spiro atoms. The number of aldehydes is 1. The van der Waals surface area contributed by atoms with Crippen molar-refractivity contribution < 1.29 is 4.79 Å². The third-order valence-corrected chi connectivity index (χ3v) is 4.58. The number of thioether (sulfide) groups is 1. The van der Waals surface area contributed by atoms with Gasteiger partial charge in [0.15, 0.2) is 0 Å². The van der Waals surface area contributed by atoms with Gasteiger partial charge in [-0.2, -0.15) is 0 Å². The third-order valence-electron chi connectivity index (χ3n) is 3.10. The molecule has 0 bridgehead atoms. The van der Waals surface area contributed by atoms with E-state index >= 15 is 0 Å². The summed E-state index contributed by atoms with van der Waals surface area (Å²) in [5.74, 6) is 1.01. The first-order valence-electron chi connectivity index (χ1n) is 6.47. The van der Waals surface area contributed by atoms with E-state index in [4.69, 9.17) is 11.6 Å². The standard InChI is InChI=1S/C16H17ClOS/c1-3-6-19-16-9-14(17)7-13-5-4-12(8-15(13)16)11(2)10-18/h4-5,7-11H,3,6H2,1-2H3. The van der Waals surface area contributed by atoms with Gasteiger partial charge in [-0.1, -0.05) is 37.6 Å². The molecule has 0 aliphatic carbocycles. The van der Waals surface area contributed by atoms with Crippen LogP contribution in [0.2, 0.25) is 5.02 Å². The molecule has 1 unspecified atom stereocenters. The Labute approximate surface area is 123 Å². The molecule has 0 amide bonds. The van der Waals surface area contributed by atoms with Crippen LogP contribution in [0, 0.1) is 0 Å². The lowest BCUT2D eigenvalue weighted by molar-refractivity contribution is -0.108. The molecule has 100 valence electrons. The molecule has 0 aliphatic heterocycles. The van der Waals surface area contributed by atoms with Gasteiger partial charge in [-0.25, -0.2) is 0 Å². The second kappa shape index (κ2) is 6.44. The van der Waals surface area contributed by atoms with Gasteiger partial charge in [0.2, 0.25) is 0 Å². The summed E-state index contributed by atoms with van der Waals surface area (Å²) in [6, 6.07) is 10.2. The van der Waals surface area contributed by atoms with Crippen molar-refractivity contribution in [3.8, 4) is 0 Å². The average Bonchev–Trinajstić information content (AvgIpc) is 2.43. The van der Waals surface area contributed by atoms with Crippen LogP contribution in [-0.2, 0) is 4.79 Å². The number of carbonyl (C=O) groups excluding carboxylic acids is 1. The lowest BCUT2D eigenvalue weighted by atomic mass is 9.99. The Kier molecular flexibility index (Phi) is 4.89. The number of halogens is 1. The van der Waals surface area contributed by atoms with Gasteiger partial charge in [-0.05, 0) is 46.7 Å². The minimum atomic E-state index is -0.0656. The lowest BCUT2D eigenvalue weighted by Gasteiger charge is -2.10. The summed E-state index contributed by atoms with van der Waals surface area (Å²) in [4.78, 5) is 12.1. The summed E-state index contributed by atoms with van der Waals surface area (Å²) in [6.07, 6.45) is 2.11. The van der Waals surface area contributed by atoms with E-state index in [0.29, 0.717) is 0 Å². The second-order valence-corrected chi connectivity index (χ2v) is 6.23. The van der Waals surface area contributed by atoms with Crippen LogP contribution in [0.15, 0.2) is 35.2 Å². The van der Waals surface area contributed by atoms with Crippen LogP contribution >= 0.6 is 23.4 Å². The molecule has 0 heterocycles. The Bertz CT molecular complexity index is 595. The topological polar surface area (TPSA) is 17.1 Å². The maximum absolute atomic E-state index is 10.9. The molecule has 0 radical (unpaired) electrons. The van der Waals surface area contributed by atoms with Crippen molar-refractivity contribution in [2.75, 3.05) is 5.75 Å². The Hall–Kier alpha value is -0.990. The highest BCUT2D eigenvalue weighted by Gasteiger charge is 2.08. The summed E-state index contributed by atoms with van der Waals surface area (Å²) in [6.45, 7) is 4.09. The zero-order valence-corrected chi connectivity index (χ0v) is 12.7. The molecule has 2 aromatic rings. The van der Waals surface area contributed by atoms with E-state index in [1.807, 2.05) is 43.0 Å². The lowest BCUT2D eigenvalue weighted by Crippen LogP contribution is -1.94. The van der Waals surface area contributed by atoms with Crippen molar-refractivity contribution in [3.63, 3.8) is 0 Å². The minimum Gasteiger partial charge on any atom is -0.303 e. The van der Waals surface area contributed by atoms with Crippen molar-refractivity contribution in [3.05, 3.63) is 40.9 Å². The molecule has 1 atom stereocenters. The highest BCUT2D eigenvalue weighted by atomic mass is 35.5. The number of benzene rings is 2. The van der Waals surface area contributed by atoms with Crippen LogP contribution in [0.3, 0.4) is 0 Å². The van der Waals surface area contributed by atoms with E-state index in [1.165, 1.54) is 10.3 Å². The zero-order chi connectivity index (χ0) is 13.8. The van der Waals surface area contributed by atoms with Gasteiger partial charge in [0.05, 0.1) is 0 Å². The fourth-order valence-corrected chi connectivity index (χ4v) is 3.26. The number of hydrogen-bond donors (Lipinski definition) is 0. The molecule has 0 aliphatic rings. The molecule has 0 saturated heterocycles. The molecule has 1 nitrogen and oxygen atoms in total. The van der Waals surface area contributed by atoms with E-state index in [9.17, 15) is 4.79 Å². The van der Waals surface area contributed by atoms with E-state index in [1.54, 1.807) is 0 Å². The Morgan fingerprint density at radius 3 is 2.79 bits per heavy atom. The molecule has 2 aromatic carbocycles. The van der Waals surface area contributed by atoms with Crippen LogP contribution in [-0.4, -0.2) is 12.0 Å². The highest BCUT2D eigenvalue weighted by molar-refractivity contribution is 7.99. The predicted molar refractivity (Wildman–Crippen MR) is 84.5 cm³/mol. The number of carbonyl (C=O) groups is 1. The van der Waals surface area contributed by atoms with Gasteiger partial charge in [0.1, 0.15) is 6.29 Å². The van der Waals surface area contributed by atoms with Crippen molar-refractivity contribution in [1.29, 1.82) is 0 Å². The fraction of sp³-hybridized carbons (Fsp3) is 0.312. The molecule has 0 saturated carbocycles. The van der Waals surface area contributed by atoms with Crippen molar-refractivity contribution in [2.45, 2.75) is 31.1 Å². The summed E-state index contributed by atoms with van der Waals surface area (Å²) in [5, 5.41) is 3.09. The molecule has 2 rings (SSSR count). The van der Waals surface area contributed by atoms with Crippen LogP contribution in [0.25, 0.3) is 10.8 Å². The molecule has 0 aromatic heterocycles. The maximum atomic E-state index is 10.9. The van der Waals surface area contributed by atoms with Gasteiger partial charge in [-0.15, -0.1) is 11.8 Å². The van der Waals surface area contributed by atoms with E-state index in [-0.39, 0.29) is 5.92 Å². The first-order valence-corrected chi connectivity index (χ1v) is 7.83. The Morgan fingerprint density at radius 2 is 2.11 bits per heavy atom. The highest BCUT2D eigenvalue weighted by Crippen LogP contribution is 2.33. The van der Waals surface area contributed by atoms with E-state index in [2.05, 4.69) is 13.0 Å². The normalized spacial score (nSPS) is 12.6. The Morgan fingerprint density at radius 1 is 1.32 bits per heavy atom. The van der Waals surface area contributed by atoms with Gasteiger partial charge in [-0.3, -0.25) is 0 Å². The largest absolute Gasteiger partial charge is 0.303 e. The summed E-state index contributed by atoms with van der Waals surface area (Å²) in [7, 11) is 0. The second-order valence-electron chi connectivity index (χ2n) is 4.66. The van der Waals surface area contributed by atoms with Crippen LogP contribution in [0.5, 0.6) is 0 Å². The first kappa shape index (κ1) is 14.4. The van der Waals surface area contributed by atoms with Crippen molar-refractivity contribution in [2.24, 2.45) is 0 Å². The minimum absolute atomic E-state index is 0.0656. The average molecular weight is 293 g/mol. The van der Waals surface area contributed by atoms with Gasteiger partial charge in [0.25, 0.3) is 0 Å². The molecular formula is C16H17ClOS. The van der Waals surface area contributed by atoms with Crippen LogP contribution in [0.4, 0.5) is 0 Å². The van der Waals surface area contributed by atoms with Crippen LogP contribution < -0.4 is 0 Å². The zero-order valence-electron chi connectivity index (χ0n) is 11.2.